The minimum absolute atomic E-state index is 0.226. The van der Waals surface area contributed by atoms with E-state index in [9.17, 15) is 21.6 Å². The number of carbonyl (C=O) groups excluding carboxylic acids is 1. The molecule has 1 amide bonds. The van der Waals surface area contributed by atoms with Crippen LogP contribution in [0.25, 0.3) is 0 Å². The summed E-state index contributed by atoms with van der Waals surface area (Å²) in [4.78, 5) is 9.47. The van der Waals surface area contributed by atoms with E-state index in [1.54, 1.807) is 0 Å². The molecule has 0 rings (SSSR count). The lowest BCUT2D eigenvalue weighted by molar-refractivity contribution is -0.113. The average Bonchev–Trinajstić information content (AvgIpc) is 2.11. The first-order chi connectivity index (χ1) is 7.46. The second-order valence-electron chi connectivity index (χ2n) is 2.85. The van der Waals surface area contributed by atoms with Gasteiger partial charge in [0.15, 0.2) is 0 Å². The number of rotatable bonds is 5. The molecular weight excluding hydrogens is 274 g/mol. The highest BCUT2D eigenvalue weighted by molar-refractivity contribution is 8.03. The van der Waals surface area contributed by atoms with Gasteiger partial charge < -0.3 is 5.73 Å². The summed E-state index contributed by atoms with van der Waals surface area (Å²) in [6.07, 6.45) is 0.960. The Balaban J connectivity index is 0. The van der Waals surface area contributed by atoms with E-state index in [4.69, 9.17) is 9.11 Å². The highest BCUT2D eigenvalue weighted by Crippen LogP contribution is 2.12. The SMILES string of the molecule is C=CC(N)=O.CCCC(S(=O)(=O)O)S(=O)(=O)O. The lowest BCUT2D eigenvalue weighted by atomic mass is 10.4. The monoisotopic (exact) mass is 289 g/mol. The molecule has 0 aliphatic heterocycles. The summed E-state index contributed by atoms with van der Waals surface area (Å²) in [7, 11) is -9.45. The second-order valence-corrected chi connectivity index (χ2v) is 6.35. The lowest BCUT2D eigenvalue weighted by Gasteiger charge is -2.07. The first-order valence-corrected chi connectivity index (χ1v) is 7.31. The number of hydrogen-bond acceptors (Lipinski definition) is 5. The summed E-state index contributed by atoms with van der Waals surface area (Å²) in [5, 5.41) is 0. The Hall–Kier alpha value is -0.970. The Kier molecular flexibility index (Phi) is 7.98. The zero-order valence-electron chi connectivity index (χ0n) is 9.11. The Morgan fingerprint density at radius 3 is 1.65 bits per heavy atom. The molecular formula is C7H15NO7S2. The maximum Gasteiger partial charge on any atom is 0.284 e. The summed E-state index contributed by atoms with van der Waals surface area (Å²) in [6, 6.07) is 0. The number of primary amides is 1. The summed E-state index contributed by atoms with van der Waals surface area (Å²) < 4.78 is 56.2. The number of carbonyl (C=O) groups is 1. The zero-order chi connectivity index (χ0) is 14.3. The first kappa shape index (κ1) is 18.4. The molecule has 0 radical (unpaired) electrons. The smallest absolute Gasteiger partial charge is 0.284 e. The van der Waals surface area contributed by atoms with Crippen molar-refractivity contribution in [3.63, 3.8) is 0 Å². The van der Waals surface area contributed by atoms with Crippen molar-refractivity contribution >= 4 is 26.1 Å². The summed E-state index contributed by atoms with van der Waals surface area (Å²) >= 11 is 0. The molecule has 0 aliphatic rings. The van der Waals surface area contributed by atoms with E-state index in [0.717, 1.165) is 6.08 Å². The standard InChI is InChI=1S/C4H10O6S2.C3H5NO/c1-2-3-4(11(5,6)7)12(8,9)10;1-2-3(4)5/h4H,2-3H2,1H3,(H,5,6,7)(H,8,9,10);2H,1H2,(H2,4,5). The molecule has 0 aliphatic carbocycles. The van der Waals surface area contributed by atoms with Crippen molar-refractivity contribution in [3.05, 3.63) is 12.7 Å². The van der Waals surface area contributed by atoms with Gasteiger partial charge in [-0.1, -0.05) is 19.9 Å². The van der Waals surface area contributed by atoms with Crippen LogP contribution < -0.4 is 5.73 Å². The molecule has 4 N–H and O–H groups in total. The molecule has 0 saturated carbocycles. The Bertz CT molecular complexity index is 419. The Labute approximate surface area is 100 Å². The van der Waals surface area contributed by atoms with Crippen LogP contribution in [0.1, 0.15) is 19.8 Å². The van der Waals surface area contributed by atoms with Gasteiger partial charge in [0.1, 0.15) is 0 Å². The van der Waals surface area contributed by atoms with E-state index in [1.807, 2.05) is 0 Å². The fourth-order valence-electron chi connectivity index (χ4n) is 0.687. The average molecular weight is 289 g/mol. The maximum absolute atomic E-state index is 10.4. The van der Waals surface area contributed by atoms with Crippen molar-refractivity contribution in [1.29, 1.82) is 0 Å². The van der Waals surface area contributed by atoms with Gasteiger partial charge in [-0.25, -0.2) is 0 Å². The molecule has 102 valence electrons. The van der Waals surface area contributed by atoms with Crippen LogP contribution in [0.2, 0.25) is 0 Å². The molecule has 0 aromatic heterocycles. The molecule has 0 bridgehead atoms. The molecule has 0 heterocycles. The number of hydrogen-bond donors (Lipinski definition) is 3. The van der Waals surface area contributed by atoms with Crippen molar-refractivity contribution in [3.8, 4) is 0 Å². The zero-order valence-corrected chi connectivity index (χ0v) is 10.7. The molecule has 0 aromatic rings. The maximum atomic E-state index is 10.4. The van der Waals surface area contributed by atoms with Gasteiger partial charge in [-0.05, 0) is 12.5 Å². The van der Waals surface area contributed by atoms with Gasteiger partial charge >= 0.3 is 0 Å². The fraction of sp³-hybridized carbons (Fsp3) is 0.571. The van der Waals surface area contributed by atoms with Crippen LogP contribution >= 0.6 is 0 Å². The highest BCUT2D eigenvalue weighted by atomic mass is 32.3. The number of nitrogens with two attached hydrogens (primary N) is 1. The molecule has 0 aromatic carbocycles. The largest absolute Gasteiger partial charge is 0.366 e. The molecule has 0 spiro atoms. The predicted molar refractivity (Wildman–Crippen MR) is 61.2 cm³/mol. The lowest BCUT2D eigenvalue weighted by Crippen LogP contribution is -2.29. The van der Waals surface area contributed by atoms with E-state index in [2.05, 4.69) is 12.3 Å². The Morgan fingerprint density at radius 1 is 1.29 bits per heavy atom. The minimum atomic E-state index is -4.72. The minimum Gasteiger partial charge on any atom is -0.366 e. The van der Waals surface area contributed by atoms with Gasteiger partial charge in [0, 0.05) is 0 Å². The van der Waals surface area contributed by atoms with Crippen LogP contribution in [-0.2, 0) is 25.0 Å². The number of amides is 1. The third-order valence-electron chi connectivity index (χ3n) is 1.39. The van der Waals surface area contributed by atoms with Gasteiger partial charge in [-0.3, -0.25) is 13.9 Å². The van der Waals surface area contributed by atoms with E-state index in [0.29, 0.717) is 0 Å². The van der Waals surface area contributed by atoms with Crippen molar-refractivity contribution in [2.24, 2.45) is 5.73 Å². The molecule has 0 atom stereocenters. The Morgan fingerprint density at radius 2 is 1.59 bits per heavy atom. The van der Waals surface area contributed by atoms with Crippen LogP contribution in [0.3, 0.4) is 0 Å². The van der Waals surface area contributed by atoms with Crippen LogP contribution in [0.5, 0.6) is 0 Å². The molecule has 10 heteroatoms. The molecule has 0 saturated heterocycles. The van der Waals surface area contributed by atoms with E-state index in [-0.39, 0.29) is 12.8 Å². The van der Waals surface area contributed by atoms with Crippen LogP contribution in [0.4, 0.5) is 0 Å². The topological polar surface area (TPSA) is 152 Å². The summed E-state index contributed by atoms with van der Waals surface area (Å²) in [5.74, 6) is -0.481. The normalized spacial score (nSPS) is 11.5. The van der Waals surface area contributed by atoms with Gasteiger partial charge in [-0.15, -0.1) is 0 Å². The first-order valence-electron chi connectivity index (χ1n) is 4.31. The van der Waals surface area contributed by atoms with Crippen molar-refractivity contribution in [2.75, 3.05) is 0 Å². The van der Waals surface area contributed by atoms with Gasteiger partial charge in [0.2, 0.25) is 10.5 Å². The molecule has 8 nitrogen and oxygen atoms in total. The van der Waals surface area contributed by atoms with Crippen LogP contribution in [0, 0.1) is 0 Å². The van der Waals surface area contributed by atoms with Crippen LogP contribution in [0.15, 0.2) is 12.7 Å². The molecule has 0 fully saturated rings. The van der Waals surface area contributed by atoms with Crippen molar-refractivity contribution in [2.45, 2.75) is 24.3 Å². The van der Waals surface area contributed by atoms with E-state index >= 15 is 0 Å². The second kappa shape index (κ2) is 7.37. The quantitative estimate of drug-likeness (QED) is 0.457. The third kappa shape index (κ3) is 9.93. The van der Waals surface area contributed by atoms with Gasteiger partial charge in [0.25, 0.3) is 20.2 Å². The predicted octanol–water partition coefficient (Wildman–Crippen LogP) is -0.454. The molecule has 17 heavy (non-hydrogen) atoms. The molecule has 0 unspecified atom stereocenters. The van der Waals surface area contributed by atoms with Crippen LogP contribution in [-0.4, -0.2) is 36.4 Å². The van der Waals surface area contributed by atoms with Crippen molar-refractivity contribution in [1.82, 2.24) is 0 Å². The highest BCUT2D eigenvalue weighted by Gasteiger charge is 2.34. The summed E-state index contributed by atoms with van der Waals surface area (Å²) in [5.41, 5.74) is 4.53. The van der Waals surface area contributed by atoms with Crippen molar-refractivity contribution < 1.29 is 30.7 Å². The van der Waals surface area contributed by atoms with Gasteiger partial charge in [0.05, 0.1) is 0 Å². The van der Waals surface area contributed by atoms with Gasteiger partial charge in [-0.2, -0.15) is 16.8 Å². The van der Waals surface area contributed by atoms with E-state index in [1.165, 1.54) is 6.92 Å². The fourth-order valence-corrected chi connectivity index (χ4v) is 2.98. The summed E-state index contributed by atoms with van der Waals surface area (Å²) in [6.45, 7) is 4.62. The third-order valence-corrected chi connectivity index (χ3v) is 4.65. The van der Waals surface area contributed by atoms with E-state index < -0.39 is 30.7 Å².